The lowest BCUT2D eigenvalue weighted by molar-refractivity contribution is 0.0926. The molecule has 1 aliphatic heterocycles. The highest BCUT2D eigenvalue weighted by Gasteiger charge is 2.42. The highest BCUT2D eigenvalue weighted by atomic mass is 16.2. The summed E-state index contributed by atoms with van der Waals surface area (Å²) in [5.41, 5.74) is 11.9. The summed E-state index contributed by atoms with van der Waals surface area (Å²) in [5.74, 6) is -0.962. The molecule has 0 saturated carbocycles. The normalized spacial score (nSPS) is 11.8. The van der Waals surface area contributed by atoms with Gasteiger partial charge in [0.1, 0.15) is 0 Å². The molecule has 314 valence electrons. The van der Waals surface area contributed by atoms with Gasteiger partial charge in [0.05, 0.1) is 80.1 Å². The van der Waals surface area contributed by atoms with E-state index in [0.29, 0.717) is 66.9 Å². The van der Waals surface area contributed by atoms with Crippen LogP contribution < -0.4 is 4.90 Å². The van der Waals surface area contributed by atoms with E-state index in [1.807, 2.05) is 150 Å². The number of nitrogens with zero attached hydrogens (tertiary/aromatic N) is 6. The Kier molecular flexibility index (Phi) is 9.84. The van der Waals surface area contributed by atoms with Crippen LogP contribution in [0.4, 0.5) is 5.69 Å². The summed E-state index contributed by atoms with van der Waals surface area (Å²) in [6.07, 6.45) is 0. The van der Waals surface area contributed by atoms with Gasteiger partial charge in [-0.25, -0.2) is 4.90 Å². The van der Waals surface area contributed by atoms with Crippen molar-refractivity contribution in [3.63, 3.8) is 0 Å². The van der Waals surface area contributed by atoms with Crippen molar-refractivity contribution in [1.29, 1.82) is 21.0 Å². The number of rotatable bonds is 7. The number of fused-ring (bicyclic) bond motifs is 4. The summed E-state index contributed by atoms with van der Waals surface area (Å²) in [5, 5.41) is 41.2. The minimum absolute atomic E-state index is 0.216. The smallest absolute Gasteiger partial charge is 0.268 e. The molecule has 9 aromatic carbocycles. The van der Waals surface area contributed by atoms with E-state index in [1.54, 1.807) is 48.5 Å². The topological polar surface area (TPSA) is 137 Å². The summed E-state index contributed by atoms with van der Waals surface area (Å²) in [6.45, 7) is 0. The van der Waals surface area contributed by atoms with E-state index in [0.717, 1.165) is 44.2 Å². The number of anilines is 1. The van der Waals surface area contributed by atoms with Gasteiger partial charge in [-0.05, 0) is 117 Å². The van der Waals surface area contributed by atoms with Crippen molar-refractivity contribution in [2.45, 2.75) is 0 Å². The maximum atomic E-state index is 15.7. The average molecular weight is 869 g/mol. The van der Waals surface area contributed by atoms with Gasteiger partial charge in [0.25, 0.3) is 11.8 Å². The number of aromatic nitrogens is 1. The van der Waals surface area contributed by atoms with E-state index in [4.69, 9.17) is 0 Å². The number of hydrogen-bond donors (Lipinski definition) is 0. The Hall–Kier alpha value is -10.1. The molecule has 1 aromatic heterocycles. The Bertz CT molecular complexity index is 3680. The van der Waals surface area contributed by atoms with E-state index >= 15 is 9.59 Å². The second kappa shape index (κ2) is 16.5. The first-order valence-corrected chi connectivity index (χ1v) is 21.7. The third-order valence-electron chi connectivity index (χ3n) is 12.6. The second-order valence-electron chi connectivity index (χ2n) is 16.5. The number of amides is 2. The quantitative estimate of drug-likeness (QED) is 0.146. The summed E-state index contributed by atoms with van der Waals surface area (Å²) >= 11 is 0. The van der Waals surface area contributed by atoms with Crippen LogP contribution in [0, 0.1) is 45.3 Å². The SMILES string of the molecule is N#Cc1cc(C#N)cc(-c2ccc3c4ccc(-c5cc(C#N)cc(C#N)c5)cc4n(-c4cccc5c4C(=O)N(c4c(-c6ccccc6)cc(-c6ccccc6)cc4-c4ccccc4)C5=O)c3c2)c1. The maximum Gasteiger partial charge on any atom is 0.268 e. The van der Waals surface area contributed by atoms with Gasteiger partial charge in [-0.3, -0.25) is 9.59 Å². The second-order valence-corrected chi connectivity index (χ2v) is 16.5. The van der Waals surface area contributed by atoms with Crippen LogP contribution >= 0.6 is 0 Å². The summed E-state index contributed by atoms with van der Waals surface area (Å²) < 4.78 is 1.98. The first-order chi connectivity index (χ1) is 33.3. The fourth-order valence-corrected chi connectivity index (χ4v) is 9.49. The fourth-order valence-electron chi connectivity index (χ4n) is 9.49. The average Bonchev–Trinajstić information content (AvgIpc) is 3.87. The predicted octanol–water partition coefficient (Wildman–Crippen LogP) is 13.4. The highest BCUT2D eigenvalue weighted by molar-refractivity contribution is 6.37. The van der Waals surface area contributed by atoms with Crippen LogP contribution in [-0.4, -0.2) is 16.4 Å². The molecule has 0 bridgehead atoms. The minimum atomic E-state index is -0.495. The van der Waals surface area contributed by atoms with Crippen molar-refractivity contribution in [1.82, 2.24) is 4.57 Å². The fraction of sp³-hybridized carbons (Fsp3) is 0. The van der Waals surface area contributed by atoms with Gasteiger partial charge in [-0.1, -0.05) is 121 Å². The van der Waals surface area contributed by atoms with Crippen molar-refractivity contribution < 1.29 is 9.59 Å². The van der Waals surface area contributed by atoms with E-state index in [1.165, 1.54) is 4.90 Å². The standard InChI is InChI=1S/C60H32N6O2/c61-33-37-23-38(34-62)26-46(25-37)44-19-21-49-50-22-20-45(47-27-39(35-63)24-40(28-47)36-64)32-56(50)65(55(49)31-44)54-18-10-17-51-57(54)60(68)66(59(51)67)58-52(42-13-6-2-7-14-42)29-48(41-11-4-1-5-12-41)30-53(58)43-15-8-3-9-16-43/h1-32H. The minimum Gasteiger partial charge on any atom is -0.308 e. The van der Waals surface area contributed by atoms with E-state index in [-0.39, 0.29) is 11.1 Å². The van der Waals surface area contributed by atoms with Crippen LogP contribution in [0.2, 0.25) is 0 Å². The molecular formula is C60H32N6O2. The van der Waals surface area contributed by atoms with Gasteiger partial charge in [0.2, 0.25) is 0 Å². The first-order valence-electron chi connectivity index (χ1n) is 21.7. The number of carbonyl (C=O) groups excluding carboxylic acids is 2. The molecule has 10 aromatic rings. The van der Waals surface area contributed by atoms with Crippen LogP contribution in [0.3, 0.4) is 0 Å². The summed E-state index contributed by atoms with van der Waals surface area (Å²) in [6, 6.07) is 69.5. The highest BCUT2D eigenvalue weighted by Crippen LogP contribution is 2.47. The molecule has 11 rings (SSSR count). The zero-order valence-corrected chi connectivity index (χ0v) is 36.0. The lowest BCUT2D eigenvalue weighted by atomic mass is 9.90. The van der Waals surface area contributed by atoms with Gasteiger partial charge in [-0.15, -0.1) is 0 Å². The monoisotopic (exact) mass is 868 g/mol. The lowest BCUT2D eigenvalue weighted by Gasteiger charge is -2.24. The predicted molar refractivity (Wildman–Crippen MR) is 264 cm³/mol. The third-order valence-corrected chi connectivity index (χ3v) is 12.6. The van der Waals surface area contributed by atoms with Crippen LogP contribution in [0.25, 0.3) is 83.1 Å². The molecule has 8 nitrogen and oxygen atoms in total. The maximum absolute atomic E-state index is 15.7. The van der Waals surface area contributed by atoms with Crippen molar-refractivity contribution >= 4 is 39.3 Å². The zero-order chi connectivity index (χ0) is 46.5. The van der Waals surface area contributed by atoms with Crippen LogP contribution in [-0.2, 0) is 0 Å². The molecule has 68 heavy (non-hydrogen) atoms. The molecule has 1 aliphatic rings. The Morgan fingerprint density at radius 3 is 1.21 bits per heavy atom. The molecule has 0 saturated heterocycles. The number of imide groups is 1. The van der Waals surface area contributed by atoms with Crippen molar-refractivity contribution in [3.8, 4) is 85.6 Å². The van der Waals surface area contributed by atoms with Gasteiger partial charge < -0.3 is 4.57 Å². The first kappa shape index (κ1) is 40.6. The number of benzene rings is 9. The molecule has 8 heteroatoms. The van der Waals surface area contributed by atoms with Crippen LogP contribution in [0.1, 0.15) is 43.0 Å². The van der Waals surface area contributed by atoms with Crippen LogP contribution in [0.15, 0.2) is 194 Å². The van der Waals surface area contributed by atoms with Crippen molar-refractivity contribution in [3.05, 3.63) is 228 Å². The van der Waals surface area contributed by atoms with E-state index in [2.05, 4.69) is 24.3 Å². The molecule has 0 unspecified atom stereocenters. The van der Waals surface area contributed by atoms with Gasteiger partial charge in [-0.2, -0.15) is 21.0 Å². The molecular weight excluding hydrogens is 837 g/mol. The summed E-state index contributed by atoms with van der Waals surface area (Å²) in [7, 11) is 0. The molecule has 0 N–H and O–H groups in total. The molecule has 2 amide bonds. The van der Waals surface area contributed by atoms with Crippen molar-refractivity contribution in [2.75, 3.05) is 4.90 Å². The molecule has 0 radical (unpaired) electrons. The van der Waals surface area contributed by atoms with E-state index < -0.39 is 11.8 Å². The Morgan fingerprint density at radius 2 is 0.765 bits per heavy atom. The number of hydrogen-bond acceptors (Lipinski definition) is 6. The van der Waals surface area contributed by atoms with E-state index in [9.17, 15) is 21.0 Å². The molecule has 0 atom stereocenters. The lowest BCUT2D eigenvalue weighted by Crippen LogP contribution is -2.30. The number of carbonyl (C=O) groups is 2. The zero-order valence-electron chi connectivity index (χ0n) is 36.0. The summed E-state index contributed by atoms with van der Waals surface area (Å²) in [4.78, 5) is 32.4. The van der Waals surface area contributed by atoms with Gasteiger partial charge in [0.15, 0.2) is 0 Å². The third kappa shape index (κ3) is 6.75. The molecule has 0 fully saturated rings. The molecule has 0 aliphatic carbocycles. The Morgan fingerprint density at radius 1 is 0.338 bits per heavy atom. The molecule has 2 heterocycles. The van der Waals surface area contributed by atoms with Crippen LogP contribution in [0.5, 0.6) is 0 Å². The molecule has 0 spiro atoms. The van der Waals surface area contributed by atoms with Gasteiger partial charge in [0, 0.05) is 21.9 Å². The Labute approximate surface area is 390 Å². The van der Waals surface area contributed by atoms with Gasteiger partial charge >= 0.3 is 0 Å². The Balaban J connectivity index is 1.18. The largest absolute Gasteiger partial charge is 0.308 e. The number of nitriles is 4. The van der Waals surface area contributed by atoms with Crippen molar-refractivity contribution in [2.24, 2.45) is 0 Å².